The molecule has 1 N–H and O–H groups in total. The molecule has 0 saturated heterocycles. The topological polar surface area (TPSA) is 46.5 Å². The zero-order valence-corrected chi connectivity index (χ0v) is 14.5. The third-order valence-electron chi connectivity index (χ3n) is 4.52. The molecule has 1 atom stereocenters. The Morgan fingerprint density at radius 3 is 2.46 bits per heavy atom. The van der Waals surface area contributed by atoms with Crippen LogP contribution in [0.5, 0.6) is 0 Å². The molecule has 0 aliphatic heterocycles. The van der Waals surface area contributed by atoms with Crippen molar-refractivity contribution in [2.24, 2.45) is 0 Å². The van der Waals surface area contributed by atoms with E-state index in [9.17, 15) is 4.79 Å². The summed E-state index contributed by atoms with van der Waals surface area (Å²) < 4.78 is 6.27. The maximum absolute atomic E-state index is 11.1. The summed E-state index contributed by atoms with van der Waals surface area (Å²) in [6, 6.07) is 10.1. The highest BCUT2D eigenvalue weighted by atomic mass is 16.5. The number of ether oxygens (including phenoxy) is 1. The maximum atomic E-state index is 11.1. The van der Waals surface area contributed by atoms with Crippen LogP contribution in [0.1, 0.15) is 57.4 Å². The third kappa shape index (κ3) is 5.07. The second kappa shape index (κ2) is 9.43. The summed E-state index contributed by atoms with van der Waals surface area (Å²) in [6.45, 7) is 2.92. The predicted molar refractivity (Wildman–Crippen MR) is 96.9 cm³/mol. The highest BCUT2D eigenvalue weighted by Gasteiger charge is 2.32. The molecule has 0 amide bonds. The lowest BCUT2D eigenvalue weighted by Crippen LogP contribution is -2.29. The van der Waals surface area contributed by atoms with Crippen molar-refractivity contribution in [2.75, 3.05) is 6.61 Å². The van der Waals surface area contributed by atoms with Gasteiger partial charge in [0.1, 0.15) is 5.60 Å². The molecule has 0 bridgehead atoms. The summed E-state index contributed by atoms with van der Waals surface area (Å²) in [5.74, 6) is -0.885. The zero-order chi connectivity index (χ0) is 17.3. The molecule has 0 spiro atoms. The molecule has 3 nitrogen and oxygen atoms in total. The van der Waals surface area contributed by atoms with Gasteiger partial charge >= 0.3 is 5.97 Å². The van der Waals surface area contributed by atoms with E-state index in [1.807, 2.05) is 36.4 Å². The van der Waals surface area contributed by atoms with E-state index in [2.05, 4.69) is 6.92 Å². The lowest BCUT2D eigenvalue weighted by Gasteiger charge is -2.33. The van der Waals surface area contributed by atoms with Crippen molar-refractivity contribution in [2.45, 2.75) is 57.5 Å². The molecule has 0 fully saturated rings. The zero-order valence-electron chi connectivity index (χ0n) is 14.5. The van der Waals surface area contributed by atoms with Crippen molar-refractivity contribution >= 4 is 5.97 Å². The van der Waals surface area contributed by atoms with Gasteiger partial charge in [-0.15, -0.1) is 0 Å². The average molecular weight is 328 g/mol. The molecule has 1 aromatic carbocycles. The first-order valence-corrected chi connectivity index (χ1v) is 9.00. The lowest BCUT2D eigenvalue weighted by molar-refractivity contribution is -0.132. The molecule has 130 valence electrons. The Bertz CT molecular complexity index is 574. The number of hydrogen-bond donors (Lipinski definition) is 1. The van der Waals surface area contributed by atoms with Crippen molar-refractivity contribution < 1.29 is 14.6 Å². The van der Waals surface area contributed by atoms with Gasteiger partial charge in [-0.05, 0) is 24.1 Å². The van der Waals surface area contributed by atoms with Crippen molar-refractivity contribution in [3.63, 3.8) is 0 Å². The van der Waals surface area contributed by atoms with Gasteiger partial charge in [0.25, 0.3) is 0 Å². The smallest absolute Gasteiger partial charge is 0.335 e. The van der Waals surface area contributed by atoms with Crippen LogP contribution in [0.2, 0.25) is 0 Å². The highest BCUT2D eigenvalue weighted by molar-refractivity contribution is 5.90. The van der Waals surface area contributed by atoms with E-state index in [1.54, 1.807) is 12.2 Å². The molecule has 0 saturated carbocycles. The minimum absolute atomic E-state index is 0.338. The van der Waals surface area contributed by atoms with Crippen LogP contribution in [0, 0.1) is 0 Å². The molecular weight excluding hydrogens is 300 g/mol. The number of carboxylic acid groups (broad SMARTS) is 1. The first-order chi connectivity index (χ1) is 11.7. The van der Waals surface area contributed by atoms with Crippen molar-refractivity contribution in [1.29, 1.82) is 0 Å². The van der Waals surface area contributed by atoms with Crippen LogP contribution in [-0.2, 0) is 15.1 Å². The van der Waals surface area contributed by atoms with Gasteiger partial charge in [0.05, 0.1) is 5.57 Å². The van der Waals surface area contributed by atoms with Crippen LogP contribution < -0.4 is 0 Å². The minimum atomic E-state index is -0.885. The molecule has 3 heteroatoms. The first kappa shape index (κ1) is 18.5. The second-order valence-electron chi connectivity index (χ2n) is 6.37. The number of unbranched alkanes of at least 4 members (excludes halogenated alkanes) is 5. The average Bonchev–Trinajstić information content (AvgIpc) is 2.62. The predicted octanol–water partition coefficient (Wildman–Crippen LogP) is 5.23. The highest BCUT2D eigenvalue weighted by Crippen LogP contribution is 2.35. The van der Waals surface area contributed by atoms with Crippen LogP contribution in [0.25, 0.3) is 0 Å². The van der Waals surface area contributed by atoms with Gasteiger partial charge < -0.3 is 9.84 Å². The lowest BCUT2D eigenvalue weighted by atomic mass is 9.85. The molecule has 1 aromatic rings. The molecule has 0 radical (unpaired) electrons. The van der Waals surface area contributed by atoms with E-state index in [4.69, 9.17) is 9.84 Å². The summed E-state index contributed by atoms with van der Waals surface area (Å²) in [4.78, 5) is 11.1. The molecule has 2 rings (SSSR count). The van der Waals surface area contributed by atoms with Gasteiger partial charge in [0.15, 0.2) is 0 Å². The Morgan fingerprint density at radius 2 is 1.83 bits per heavy atom. The van der Waals surface area contributed by atoms with Crippen LogP contribution in [0.3, 0.4) is 0 Å². The monoisotopic (exact) mass is 328 g/mol. The Kier molecular flexibility index (Phi) is 7.26. The van der Waals surface area contributed by atoms with Gasteiger partial charge in [-0.2, -0.15) is 0 Å². The van der Waals surface area contributed by atoms with Gasteiger partial charge in [0.2, 0.25) is 0 Å². The van der Waals surface area contributed by atoms with E-state index < -0.39 is 11.6 Å². The number of hydrogen-bond acceptors (Lipinski definition) is 2. The largest absolute Gasteiger partial charge is 0.478 e. The van der Waals surface area contributed by atoms with Crippen molar-refractivity contribution in [1.82, 2.24) is 0 Å². The Morgan fingerprint density at radius 1 is 1.12 bits per heavy atom. The molecule has 0 aromatic heterocycles. The number of benzene rings is 1. The molecule has 24 heavy (non-hydrogen) atoms. The van der Waals surface area contributed by atoms with E-state index in [1.165, 1.54) is 32.1 Å². The van der Waals surface area contributed by atoms with E-state index >= 15 is 0 Å². The fraction of sp³-hybridized carbons (Fsp3) is 0.476. The Labute approximate surface area is 145 Å². The number of carbonyl (C=O) groups is 1. The quantitative estimate of drug-likeness (QED) is 0.598. The van der Waals surface area contributed by atoms with Gasteiger partial charge in [-0.1, -0.05) is 75.4 Å². The fourth-order valence-electron chi connectivity index (χ4n) is 3.04. The summed E-state index contributed by atoms with van der Waals surface area (Å²) in [7, 11) is 0. The van der Waals surface area contributed by atoms with Crippen LogP contribution in [-0.4, -0.2) is 17.7 Å². The van der Waals surface area contributed by atoms with Gasteiger partial charge in [0, 0.05) is 13.0 Å². The van der Waals surface area contributed by atoms with Crippen LogP contribution in [0.4, 0.5) is 0 Å². The SMILES string of the molecule is CCCCCCCCOC1(c2ccccc2)C=CC(C(=O)O)=CC1. The number of carboxylic acids is 1. The standard InChI is InChI=1S/C21H28O3/c1-2-3-4-5-6-10-17-24-21(19-11-8-7-9-12-19)15-13-18(14-16-21)20(22)23/h7-9,11-15H,2-6,10,16-17H2,1H3,(H,22,23). The minimum Gasteiger partial charge on any atom is -0.478 e. The van der Waals surface area contributed by atoms with E-state index in [-0.39, 0.29) is 0 Å². The molecule has 1 unspecified atom stereocenters. The van der Waals surface area contributed by atoms with E-state index in [0.29, 0.717) is 18.6 Å². The summed E-state index contributed by atoms with van der Waals surface area (Å²) >= 11 is 0. The normalized spacial score (nSPS) is 20.0. The third-order valence-corrected chi connectivity index (χ3v) is 4.52. The maximum Gasteiger partial charge on any atom is 0.335 e. The summed E-state index contributed by atoms with van der Waals surface area (Å²) in [5, 5.41) is 9.14. The van der Waals surface area contributed by atoms with Crippen LogP contribution in [0.15, 0.2) is 54.1 Å². The molecule has 1 aliphatic carbocycles. The Hall–Kier alpha value is -1.87. The molecule has 0 heterocycles. The van der Waals surface area contributed by atoms with E-state index in [0.717, 1.165) is 12.0 Å². The Balaban J connectivity index is 1.96. The van der Waals surface area contributed by atoms with Crippen LogP contribution >= 0.6 is 0 Å². The van der Waals surface area contributed by atoms with Crippen molar-refractivity contribution in [3.8, 4) is 0 Å². The molecule has 1 aliphatic rings. The fourth-order valence-corrected chi connectivity index (χ4v) is 3.04. The number of aliphatic carboxylic acids is 1. The van der Waals surface area contributed by atoms with Gasteiger partial charge in [-0.3, -0.25) is 0 Å². The second-order valence-corrected chi connectivity index (χ2v) is 6.37. The summed E-state index contributed by atoms with van der Waals surface area (Å²) in [6.07, 6.45) is 13.2. The molecular formula is C21H28O3. The van der Waals surface area contributed by atoms with Gasteiger partial charge in [-0.25, -0.2) is 4.79 Å². The number of rotatable bonds is 10. The summed E-state index contributed by atoms with van der Waals surface area (Å²) in [5.41, 5.74) is 0.876. The first-order valence-electron chi connectivity index (χ1n) is 9.00. The van der Waals surface area contributed by atoms with Crippen molar-refractivity contribution in [3.05, 3.63) is 59.7 Å².